The Labute approximate surface area is 157 Å². The Kier molecular flexibility index (Phi) is 5.07. The summed E-state index contributed by atoms with van der Waals surface area (Å²) in [6, 6.07) is 17.4. The van der Waals surface area contributed by atoms with Crippen molar-refractivity contribution in [1.82, 2.24) is 9.97 Å². The molecule has 0 bridgehead atoms. The number of ether oxygens (including phenoxy) is 1. The number of nitrogens with zero attached hydrogens (tertiary/aromatic N) is 3. The fraction of sp³-hybridized carbons (Fsp3) is 0.190. The highest BCUT2D eigenvalue weighted by Gasteiger charge is 2.14. The molecule has 1 amide bonds. The summed E-state index contributed by atoms with van der Waals surface area (Å²) in [7, 11) is 0. The first-order chi connectivity index (χ1) is 13.3. The number of carbonyl (C=O) groups is 1. The first-order valence-corrected chi connectivity index (χ1v) is 8.91. The Hall–Kier alpha value is -3.25. The topological polar surface area (TPSA) is 67.4 Å². The maximum Gasteiger partial charge on any atom is 0.275 e. The number of carbonyl (C=O) groups excluding carboxylic acids is 1. The molecule has 6 nitrogen and oxygen atoms in total. The molecule has 0 saturated carbocycles. The van der Waals surface area contributed by atoms with Crippen LogP contribution >= 0.6 is 0 Å². The first-order valence-electron chi connectivity index (χ1n) is 8.91. The molecule has 136 valence electrons. The molecule has 1 aliphatic heterocycles. The van der Waals surface area contributed by atoms with E-state index in [1.807, 2.05) is 42.5 Å². The van der Waals surface area contributed by atoms with Gasteiger partial charge in [0.2, 0.25) is 0 Å². The van der Waals surface area contributed by atoms with Crippen LogP contribution < -0.4 is 10.2 Å². The Bertz CT molecular complexity index is 924. The van der Waals surface area contributed by atoms with Crippen LogP contribution in [-0.2, 0) is 4.74 Å². The molecule has 0 aliphatic carbocycles. The van der Waals surface area contributed by atoms with E-state index >= 15 is 0 Å². The number of para-hydroxylation sites is 1. The number of anilines is 2. The van der Waals surface area contributed by atoms with Gasteiger partial charge in [0, 0.05) is 30.0 Å². The molecule has 0 atom stereocenters. The first kappa shape index (κ1) is 17.2. The lowest BCUT2D eigenvalue weighted by Gasteiger charge is -2.29. The monoisotopic (exact) mass is 360 g/mol. The van der Waals surface area contributed by atoms with Crippen LogP contribution in [0.3, 0.4) is 0 Å². The van der Waals surface area contributed by atoms with Crippen molar-refractivity contribution in [2.45, 2.75) is 0 Å². The largest absolute Gasteiger partial charge is 0.378 e. The quantitative estimate of drug-likeness (QED) is 0.774. The van der Waals surface area contributed by atoms with Gasteiger partial charge in [0.1, 0.15) is 5.69 Å². The third kappa shape index (κ3) is 4.12. The molecule has 6 heteroatoms. The molecule has 0 unspecified atom stereocenters. The standard InChI is InChI=1S/C21H20N4O2/c26-21(23-17-6-2-1-3-7-17)20-15-22-14-19(24-20)16-5-4-8-18(13-16)25-9-11-27-12-10-25/h1-8,13-15H,9-12H2,(H,23,26). The molecule has 27 heavy (non-hydrogen) atoms. The van der Waals surface area contributed by atoms with Crippen LogP contribution in [0, 0.1) is 0 Å². The molecular formula is C21H20N4O2. The number of nitrogens with one attached hydrogen (secondary N) is 1. The molecule has 1 fully saturated rings. The number of hydrogen-bond acceptors (Lipinski definition) is 5. The van der Waals surface area contributed by atoms with Crippen molar-refractivity contribution in [3.05, 3.63) is 72.7 Å². The molecule has 3 aromatic rings. The summed E-state index contributed by atoms with van der Waals surface area (Å²) in [5, 5.41) is 2.84. The van der Waals surface area contributed by atoms with Gasteiger partial charge in [0.05, 0.1) is 31.3 Å². The van der Waals surface area contributed by atoms with Crippen LogP contribution in [0.25, 0.3) is 11.3 Å². The van der Waals surface area contributed by atoms with Crippen molar-refractivity contribution in [2.24, 2.45) is 0 Å². The Morgan fingerprint density at radius 3 is 2.63 bits per heavy atom. The summed E-state index contributed by atoms with van der Waals surface area (Å²) >= 11 is 0. The number of amides is 1. The van der Waals surface area contributed by atoms with Crippen molar-refractivity contribution in [1.29, 1.82) is 0 Å². The molecular weight excluding hydrogens is 340 g/mol. The molecule has 1 aliphatic rings. The lowest BCUT2D eigenvalue weighted by Crippen LogP contribution is -2.36. The fourth-order valence-electron chi connectivity index (χ4n) is 3.01. The second kappa shape index (κ2) is 7.97. The predicted octanol–water partition coefficient (Wildman–Crippen LogP) is 3.23. The highest BCUT2D eigenvalue weighted by atomic mass is 16.5. The number of hydrogen-bond donors (Lipinski definition) is 1. The van der Waals surface area contributed by atoms with Gasteiger partial charge in [-0.3, -0.25) is 9.78 Å². The van der Waals surface area contributed by atoms with E-state index in [0.29, 0.717) is 5.69 Å². The number of rotatable bonds is 4. The van der Waals surface area contributed by atoms with Crippen LogP contribution in [0.1, 0.15) is 10.5 Å². The molecule has 1 N–H and O–H groups in total. The van der Waals surface area contributed by atoms with Gasteiger partial charge in [-0.15, -0.1) is 0 Å². The van der Waals surface area contributed by atoms with E-state index < -0.39 is 0 Å². The summed E-state index contributed by atoms with van der Waals surface area (Å²) in [6.45, 7) is 3.21. The van der Waals surface area contributed by atoms with Gasteiger partial charge < -0.3 is 15.0 Å². The van der Waals surface area contributed by atoms with Crippen molar-refractivity contribution >= 4 is 17.3 Å². The molecule has 2 heterocycles. The Balaban J connectivity index is 1.56. The maximum atomic E-state index is 12.5. The van der Waals surface area contributed by atoms with Gasteiger partial charge in [-0.2, -0.15) is 0 Å². The third-order valence-electron chi connectivity index (χ3n) is 4.42. The van der Waals surface area contributed by atoms with Crippen LogP contribution in [0.4, 0.5) is 11.4 Å². The van der Waals surface area contributed by atoms with Gasteiger partial charge in [-0.25, -0.2) is 4.98 Å². The summed E-state index contributed by atoms with van der Waals surface area (Å²) in [4.78, 5) is 23.5. The molecule has 4 rings (SSSR count). The highest BCUT2D eigenvalue weighted by molar-refractivity contribution is 6.02. The number of aromatic nitrogens is 2. The van der Waals surface area contributed by atoms with E-state index in [9.17, 15) is 4.79 Å². The summed E-state index contributed by atoms with van der Waals surface area (Å²) in [5.74, 6) is -0.278. The zero-order valence-corrected chi connectivity index (χ0v) is 14.8. The SMILES string of the molecule is O=C(Nc1ccccc1)c1cncc(-c2cccc(N3CCOCC3)c2)n1. The Morgan fingerprint density at radius 2 is 1.81 bits per heavy atom. The van der Waals surface area contributed by atoms with E-state index in [0.717, 1.165) is 43.2 Å². The summed E-state index contributed by atoms with van der Waals surface area (Å²) < 4.78 is 5.42. The zero-order chi connectivity index (χ0) is 18.5. The zero-order valence-electron chi connectivity index (χ0n) is 14.8. The van der Waals surface area contributed by atoms with Gasteiger partial charge >= 0.3 is 0 Å². The molecule has 1 aromatic heterocycles. The van der Waals surface area contributed by atoms with Gasteiger partial charge in [0.15, 0.2) is 0 Å². The van der Waals surface area contributed by atoms with Crippen LogP contribution in [0.2, 0.25) is 0 Å². The molecule has 1 saturated heterocycles. The van der Waals surface area contributed by atoms with Gasteiger partial charge in [0.25, 0.3) is 5.91 Å². The van der Waals surface area contributed by atoms with Crippen LogP contribution in [-0.4, -0.2) is 42.2 Å². The predicted molar refractivity (Wildman–Crippen MR) is 105 cm³/mol. The second-order valence-corrected chi connectivity index (χ2v) is 6.26. The minimum Gasteiger partial charge on any atom is -0.378 e. The summed E-state index contributed by atoms with van der Waals surface area (Å²) in [6.07, 6.45) is 3.16. The second-order valence-electron chi connectivity index (χ2n) is 6.26. The van der Waals surface area contributed by atoms with Crippen LogP contribution in [0.15, 0.2) is 67.0 Å². The smallest absolute Gasteiger partial charge is 0.275 e. The van der Waals surface area contributed by atoms with E-state index in [1.54, 1.807) is 6.20 Å². The van der Waals surface area contributed by atoms with Crippen molar-refractivity contribution in [3.63, 3.8) is 0 Å². The Morgan fingerprint density at radius 1 is 1.00 bits per heavy atom. The third-order valence-corrected chi connectivity index (χ3v) is 4.42. The van der Waals surface area contributed by atoms with E-state index in [-0.39, 0.29) is 11.6 Å². The highest BCUT2D eigenvalue weighted by Crippen LogP contribution is 2.24. The van der Waals surface area contributed by atoms with Crippen molar-refractivity contribution < 1.29 is 9.53 Å². The molecule has 0 radical (unpaired) electrons. The van der Waals surface area contributed by atoms with E-state index in [2.05, 4.69) is 32.3 Å². The van der Waals surface area contributed by atoms with Crippen molar-refractivity contribution in [3.8, 4) is 11.3 Å². The normalized spacial score (nSPS) is 14.0. The lowest BCUT2D eigenvalue weighted by molar-refractivity contribution is 0.102. The average Bonchev–Trinajstić information content (AvgIpc) is 2.75. The van der Waals surface area contributed by atoms with Crippen molar-refractivity contribution in [2.75, 3.05) is 36.5 Å². The summed E-state index contributed by atoms with van der Waals surface area (Å²) in [5.41, 5.74) is 3.74. The minimum absolute atomic E-state index is 0.278. The maximum absolute atomic E-state index is 12.5. The van der Waals surface area contributed by atoms with Crippen LogP contribution in [0.5, 0.6) is 0 Å². The fourth-order valence-corrected chi connectivity index (χ4v) is 3.01. The molecule has 0 spiro atoms. The van der Waals surface area contributed by atoms with Gasteiger partial charge in [-0.1, -0.05) is 30.3 Å². The van der Waals surface area contributed by atoms with E-state index in [1.165, 1.54) is 6.20 Å². The molecule has 2 aromatic carbocycles. The lowest BCUT2D eigenvalue weighted by atomic mass is 10.1. The average molecular weight is 360 g/mol. The minimum atomic E-state index is -0.278. The number of morpholine rings is 1. The van der Waals surface area contributed by atoms with Gasteiger partial charge in [-0.05, 0) is 24.3 Å². The van der Waals surface area contributed by atoms with E-state index in [4.69, 9.17) is 4.74 Å². The number of benzene rings is 2.